The minimum atomic E-state index is -0.179. The van der Waals surface area contributed by atoms with Crippen molar-refractivity contribution in [3.8, 4) is 11.8 Å². The van der Waals surface area contributed by atoms with Crippen molar-refractivity contribution >= 4 is 17.7 Å². The van der Waals surface area contributed by atoms with E-state index in [-0.39, 0.29) is 12.0 Å². The molecule has 1 fully saturated rings. The van der Waals surface area contributed by atoms with E-state index >= 15 is 0 Å². The van der Waals surface area contributed by atoms with Crippen LogP contribution in [0.15, 0.2) is 36.7 Å². The van der Waals surface area contributed by atoms with Crippen LogP contribution in [-0.2, 0) is 11.3 Å². The van der Waals surface area contributed by atoms with Crippen LogP contribution >= 0.6 is 11.8 Å². The number of methoxy groups -OCH3 is 1. The first-order valence-electron chi connectivity index (χ1n) is 8.80. The molecule has 1 N–H and O–H groups in total. The molecule has 1 aliphatic heterocycles. The summed E-state index contributed by atoms with van der Waals surface area (Å²) in [5.74, 6) is 2.89. The molecular formula is C19H23N3O4S. The molecule has 3 rings (SSSR count). The van der Waals surface area contributed by atoms with Crippen molar-refractivity contribution in [1.29, 1.82) is 0 Å². The van der Waals surface area contributed by atoms with E-state index in [4.69, 9.17) is 14.2 Å². The molecule has 0 saturated carbocycles. The van der Waals surface area contributed by atoms with E-state index in [9.17, 15) is 4.79 Å². The van der Waals surface area contributed by atoms with Crippen LogP contribution in [0, 0.1) is 0 Å². The Balaban J connectivity index is 1.53. The van der Waals surface area contributed by atoms with Crippen LogP contribution in [0.25, 0.3) is 0 Å². The van der Waals surface area contributed by atoms with Gasteiger partial charge in [-0.3, -0.25) is 4.79 Å². The van der Waals surface area contributed by atoms with Gasteiger partial charge in [-0.15, -0.1) is 0 Å². The molecule has 1 atom stereocenters. The van der Waals surface area contributed by atoms with Gasteiger partial charge in [0, 0.05) is 49.5 Å². The van der Waals surface area contributed by atoms with Crippen molar-refractivity contribution in [2.45, 2.75) is 19.1 Å². The largest absolute Gasteiger partial charge is 0.475 e. The highest BCUT2D eigenvalue weighted by molar-refractivity contribution is 7.99. The fourth-order valence-electron chi connectivity index (χ4n) is 2.55. The van der Waals surface area contributed by atoms with Gasteiger partial charge in [-0.05, 0) is 29.9 Å². The molecule has 144 valence electrons. The number of carbonyl (C=O) groups excluding carboxylic acids is 1. The van der Waals surface area contributed by atoms with Crippen LogP contribution in [0.1, 0.15) is 22.3 Å². The molecular weight excluding hydrogens is 366 g/mol. The van der Waals surface area contributed by atoms with E-state index in [0.29, 0.717) is 37.1 Å². The summed E-state index contributed by atoms with van der Waals surface area (Å²) in [5.41, 5.74) is 1.43. The zero-order valence-corrected chi connectivity index (χ0v) is 16.0. The fraction of sp³-hybridized carbons (Fsp3) is 0.421. The molecule has 0 aliphatic carbocycles. The molecule has 0 bridgehead atoms. The lowest BCUT2D eigenvalue weighted by atomic mass is 10.2. The topological polar surface area (TPSA) is 82.6 Å². The molecule has 2 aromatic heterocycles. The van der Waals surface area contributed by atoms with Crippen molar-refractivity contribution in [3.63, 3.8) is 0 Å². The molecule has 8 heteroatoms. The molecule has 1 aliphatic rings. The van der Waals surface area contributed by atoms with Crippen LogP contribution in [0.3, 0.4) is 0 Å². The Morgan fingerprint density at radius 1 is 1.22 bits per heavy atom. The maximum atomic E-state index is 12.4. The number of rotatable bonds is 9. The molecule has 0 spiro atoms. The summed E-state index contributed by atoms with van der Waals surface area (Å²) in [6.45, 7) is 1.30. The first kappa shape index (κ1) is 19.4. The molecule has 2 aromatic rings. The molecule has 1 saturated heterocycles. The lowest BCUT2D eigenvalue weighted by Gasteiger charge is -2.12. The number of pyridine rings is 2. The number of thioether (sulfide) groups is 1. The van der Waals surface area contributed by atoms with Crippen molar-refractivity contribution in [3.05, 3.63) is 47.8 Å². The number of nitrogens with one attached hydrogen (secondary N) is 1. The number of hydrogen-bond acceptors (Lipinski definition) is 7. The van der Waals surface area contributed by atoms with E-state index < -0.39 is 0 Å². The lowest BCUT2D eigenvalue weighted by Crippen LogP contribution is -2.23. The van der Waals surface area contributed by atoms with Crippen molar-refractivity contribution in [2.24, 2.45) is 0 Å². The van der Waals surface area contributed by atoms with E-state index in [1.807, 2.05) is 17.8 Å². The monoisotopic (exact) mass is 389 g/mol. The maximum absolute atomic E-state index is 12.4. The van der Waals surface area contributed by atoms with Crippen molar-refractivity contribution in [1.82, 2.24) is 15.3 Å². The van der Waals surface area contributed by atoms with E-state index in [1.165, 1.54) is 0 Å². The smallest absolute Gasteiger partial charge is 0.251 e. The Bertz CT molecular complexity index is 753. The van der Waals surface area contributed by atoms with E-state index in [2.05, 4.69) is 15.3 Å². The average molecular weight is 389 g/mol. The first-order valence-corrected chi connectivity index (χ1v) is 9.95. The summed E-state index contributed by atoms with van der Waals surface area (Å²) >= 11 is 1.87. The molecule has 1 amide bonds. The number of hydrogen-bond donors (Lipinski definition) is 1. The summed E-state index contributed by atoms with van der Waals surface area (Å²) < 4.78 is 16.3. The zero-order valence-electron chi connectivity index (χ0n) is 15.2. The third-order valence-corrected chi connectivity index (χ3v) is 5.09. The Kier molecular flexibility index (Phi) is 7.29. The highest BCUT2D eigenvalue weighted by atomic mass is 32.2. The Hall–Kier alpha value is -2.32. The minimum Gasteiger partial charge on any atom is -0.475 e. The standard InChI is InChI=1S/C19H23N3O4S/c1-24-7-8-25-17-10-14(2-5-20-17)12-22-19(23)15-3-6-21-18(11-15)26-16-4-9-27-13-16/h2-3,5-6,10-11,16H,4,7-9,12-13H2,1H3,(H,22,23). The van der Waals surface area contributed by atoms with Gasteiger partial charge in [0.25, 0.3) is 5.91 Å². The molecule has 27 heavy (non-hydrogen) atoms. The van der Waals surface area contributed by atoms with E-state index in [1.54, 1.807) is 37.7 Å². The molecule has 0 aromatic carbocycles. The summed E-state index contributed by atoms with van der Waals surface area (Å²) in [4.78, 5) is 20.8. The second-order valence-electron chi connectivity index (χ2n) is 6.01. The van der Waals surface area contributed by atoms with Crippen LogP contribution in [0.5, 0.6) is 11.8 Å². The van der Waals surface area contributed by atoms with Gasteiger partial charge in [0.1, 0.15) is 12.7 Å². The SMILES string of the molecule is COCCOc1cc(CNC(=O)c2ccnc(OC3CCSC3)c2)ccn1. The van der Waals surface area contributed by atoms with Gasteiger partial charge in [-0.1, -0.05) is 0 Å². The van der Waals surface area contributed by atoms with Gasteiger partial charge in [-0.2, -0.15) is 11.8 Å². The number of carbonyl (C=O) groups is 1. The molecule has 0 radical (unpaired) electrons. The van der Waals surface area contributed by atoms with Gasteiger partial charge in [0.2, 0.25) is 11.8 Å². The predicted octanol–water partition coefficient (Wildman–Crippen LogP) is 2.32. The van der Waals surface area contributed by atoms with Crippen molar-refractivity contribution < 1.29 is 19.0 Å². The fourth-order valence-corrected chi connectivity index (χ4v) is 3.64. The minimum absolute atomic E-state index is 0.175. The van der Waals surface area contributed by atoms with E-state index in [0.717, 1.165) is 23.5 Å². The summed E-state index contributed by atoms with van der Waals surface area (Å²) in [6.07, 6.45) is 4.44. The summed E-state index contributed by atoms with van der Waals surface area (Å²) in [6, 6.07) is 7.00. The maximum Gasteiger partial charge on any atom is 0.251 e. The normalized spacial score (nSPS) is 16.1. The second kappa shape index (κ2) is 10.1. The quantitative estimate of drug-likeness (QED) is 0.659. The Morgan fingerprint density at radius 3 is 2.89 bits per heavy atom. The first-order chi connectivity index (χ1) is 13.2. The zero-order chi connectivity index (χ0) is 18.9. The van der Waals surface area contributed by atoms with Crippen LogP contribution in [-0.4, -0.2) is 53.8 Å². The average Bonchev–Trinajstić information content (AvgIpc) is 3.20. The van der Waals surface area contributed by atoms with Gasteiger partial charge < -0.3 is 19.5 Å². The number of aromatic nitrogens is 2. The Labute approximate surface area is 162 Å². The number of ether oxygens (including phenoxy) is 3. The highest BCUT2D eigenvalue weighted by Crippen LogP contribution is 2.22. The predicted molar refractivity (Wildman–Crippen MR) is 103 cm³/mol. The van der Waals surface area contributed by atoms with Gasteiger partial charge in [-0.25, -0.2) is 9.97 Å². The number of nitrogens with zero attached hydrogens (tertiary/aromatic N) is 2. The second-order valence-corrected chi connectivity index (χ2v) is 7.16. The van der Waals surface area contributed by atoms with Gasteiger partial charge in [0.15, 0.2) is 0 Å². The van der Waals surface area contributed by atoms with Gasteiger partial charge in [0.05, 0.1) is 6.61 Å². The highest BCUT2D eigenvalue weighted by Gasteiger charge is 2.18. The Morgan fingerprint density at radius 2 is 2.07 bits per heavy atom. The third-order valence-electron chi connectivity index (χ3n) is 3.96. The molecule has 7 nitrogen and oxygen atoms in total. The van der Waals surface area contributed by atoms with Crippen LogP contribution in [0.2, 0.25) is 0 Å². The third kappa shape index (κ3) is 6.11. The van der Waals surface area contributed by atoms with Crippen LogP contribution in [0.4, 0.5) is 0 Å². The molecule has 3 heterocycles. The lowest BCUT2D eigenvalue weighted by molar-refractivity contribution is 0.0949. The summed E-state index contributed by atoms with van der Waals surface area (Å²) in [5, 5.41) is 2.90. The van der Waals surface area contributed by atoms with Crippen LogP contribution < -0.4 is 14.8 Å². The van der Waals surface area contributed by atoms with Crippen molar-refractivity contribution in [2.75, 3.05) is 31.8 Å². The number of amides is 1. The molecule has 1 unspecified atom stereocenters. The summed E-state index contributed by atoms with van der Waals surface area (Å²) in [7, 11) is 1.62. The van der Waals surface area contributed by atoms with Gasteiger partial charge >= 0.3 is 0 Å².